The van der Waals surface area contributed by atoms with Crippen LogP contribution in [-0.4, -0.2) is 17.0 Å². The molecule has 102 valence electrons. The highest BCUT2D eigenvalue weighted by Gasteiger charge is 2.29. The Morgan fingerprint density at radius 2 is 2.16 bits per heavy atom. The third-order valence-electron chi connectivity index (χ3n) is 4.04. The molecule has 0 saturated heterocycles. The molecule has 1 aromatic rings. The lowest BCUT2D eigenvalue weighted by atomic mass is 9.86. The third-order valence-corrected chi connectivity index (χ3v) is 5.43. The molecule has 1 aliphatic carbocycles. The molecule has 0 bridgehead atoms. The third kappa shape index (κ3) is 2.92. The quantitative estimate of drug-likeness (QED) is 0.810. The summed E-state index contributed by atoms with van der Waals surface area (Å²) in [5.41, 5.74) is 2.17. The van der Waals surface area contributed by atoms with E-state index in [1.807, 2.05) is 23.9 Å². The molecule has 1 aliphatic heterocycles. The highest BCUT2D eigenvalue weighted by molar-refractivity contribution is 8.14. The van der Waals surface area contributed by atoms with E-state index in [1.54, 1.807) is 0 Å². The van der Waals surface area contributed by atoms with Crippen molar-refractivity contribution in [3.05, 3.63) is 28.8 Å². The van der Waals surface area contributed by atoms with Gasteiger partial charge in [-0.05, 0) is 37.3 Å². The van der Waals surface area contributed by atoms with Crippen molar-refractivity contribution in [2.75, 3.05) is 11.1 Å². The van der Waals surface area contributed by atoms with Gasteiger partial charge in [-0.2, -0.15) is 0 Å². The number of anilines is 1. The van der Waals surface area contributed by atoms with Crippen molar-refractivity contribution in [1.29, 1.82) is 0 Å². The van der Waals surface area contributed by atoms with Crippen molar-refractivity contribution < 1.29 is 0 Å². The molecule has 1 aromatic carbocycles. The average molecular weight is 295 g/mol. The monoisotopic (exact) mass is 294 g/mol. The van der Waals surface area contributed by atoms with Crippen LogP contribution >= 0.6 is 23.4 Å². The Morgan fingerprint density at radius 3 is 3.00 bits per heavy atom. The number of halogens is 1. The molecule has 2 atom stereocenters. The first-order valence-corrected chi connectivity index (χ1v) is 8.33. The molecule has 4 heteroatoms. The van der Waals surface area contributed by atoms with Gasteiger partial charge >= 0.3 is 0 Å². The summed E-state index contributed by atoms with van der Waals surface area (Å²) >= 11 is 8.10. The molecular weight excluding hydrogens is 276 g/mol. The van der Waals surface area contributed by atoms with E-state index in [1.165, 1.54) is 37.0 Å². The zero-order chi connectivity index (χ0) is 13.2. The van der Waals surface area contributed by atoms with Gasteiger partial charge in [0, 0.05) is 5.75 Å². The van der Waals surface area contributed by atoms with Crippen LogP contribution in [0.15, 0.2) is 23.2 Å². The fourth-order valence-electron chi connectivity index (χ4n) is 2.89. The van der Waals surface area contributed by atoms with Crippen LogP contribution in [-0.2, 0) is 0 Å². The van der Waals surface area contributed by atoms with Crippen LogP contribution < -0.4 is 5.32 Å². The van der Waals surface area contributed by atoms with Gasteiger partial charge in [0.25, 0.3) is 0 Å². The summed E-state index contributed by atoms with van der Waals surface area (Å²) in [6.07, 6.45) is 5.30. The Morgan fingerprint density at radius 1 is 1.32 bits per heavy atom. The maximum atomic E-state index is 6.26. The molecule has 19 heavy (non-hydrogen) atoms. The summed E-state index contributed by atoms with van der Waals surface area (Å²) in [4.78, 5) is 4.89. The Bertz CT molecular complexity index is 481. The van der Waals surface area contributed by atoms with Crippen molar-refractivity contribution in [3.8, 4) is 0 Å². The first kappa shape index (κ1) is 13.3. The summed E-state index contributed by atoms with van der Waals surface area (Å²) < 4.78 is 0. The van der Waals surface area contributed by atoms with Gasteiger partial charge in [-0.25, -0.2) is 0 Å². The second kappa shape index (κ2) is 5.76. The number of fused-ring (bicyclic) bond motifs is 1. The van der Waals surface area contributed by atoms with Crippen molar-refractivity contribution >= 4 is 34.2 Å². The number of rotatable bonds is 1. The highest BCUT2D eigenvalue weighted by Crippen LogP contribution is 2.35. The number of hydrogen-bond acceptors (Lipinski definition) is 3. The van der Waals surface area contributed by atoms with Crippen LogP contribution in [0.3, 0.4) is 0 Å². The van der Waals surface area contributed by atoms with E-state index in [4.69, 9.17) is 16.6 Å². The van der Waals surface area contributed by atoms with Gasteiger partial charge in [-0.15, -0.1) is 0 Å². The number of nitrogens with one attached hydrogen (secondary N) is 1. The van der Waals surface area contributed by atoms with E-state index in [0.717, 1.165) is 21.8 Å². The summed E-state index contributed by atoms with van der Waals surface area (Å²) in [6.45, 7) is 2.08. The molecule has 1 N–H and O–H groups in total. The van der Waals surface area contributed by atoms with Gasteiger partial charge in [-0.3, -0.25) is 4.99 Å². The topological polar surface area (TPSA) is 24.4 Å². The number of aliphatic imine (C=N–C) groups is 1. The van der Waals surface area contributed by atoms with E-state index in [0.29, 0.717) is 6.04 Å². The fraction of sp³-hybridized carbons (Fsp3) is 0.533. The van der Waals surface area contributed by atoms with Gasteiger partial charge in [-0.1, -0.05) is 48.3 Å². The summed E-state index contributed by atoms with van der Waals surface area (Å²) in [5.74, 6) is 1.98. The number of para-hydroxylation sites is 1. The van der Waals surface area contributed by atoms with Crippen molar-refractivity contribution in [2.24, 2.45) is 10.9 Å². The molecule has 1 saturated carbocycles. The molecule has 0 radical (unpaired) electrons. The largest absolute Gasteiger partial charge is 0.334 e. The second-order valence-corrected chi connectivity index (χ2v) is 6.83. The van der Waals surface area contributed by atoms with E-state index in [9.17, 15) is 0 Å². The van der Waals surface area contributed by atoms with E-state index >= 15 is 0 Å². The molecule has 0 amide bonds. The summed E-state index contributed by atoms with van der Waals surface area (Å²) in [5, 5.41) is 5.24. The normalized spacial score (nSPS) is 26.5. The lowest BCUT2D eigenvalue weighted by molar-refractivity contribution is 0.336. The molecule has 0 spiro atoms. The lowest BCUT2D eigenvalue weighted by Crippen LogP contribution is -2.31. The van der Waals surface area contributed by atoms with Crippen LogP contribution in [0.5, 0.6) is 0 Å². The Kier molecular flexibility index (Phi) is 4.04. The standard InChI is InChI=1S/C15H19ClN2S/c1-10-5-4-7-12(16)14(10)18-15-17-13-8-3-2-6-11(13)9-19-15/h4-5,7,11,13H,2-3,6,8-9H2,1H3,(H,17,18). The van der Waals surface area contributed by atoms with E-state index in [-0.39, 0.29) is 0 Å². The minimum atomic E-state index is 0.528. The van der Waals surface area contributed by atoms with Crippen molar-refractivity contribution in [3.63, 3.8) is 0 Å². The number of hydrogen-bond donors (Lipinski definition) is 1. The van der Waals surface area contributed by atoms with E-state index in [2.05, 4.69) is 18.3 Å². The van der Waals surface area contributed by atoms with Crippen LogP contribution in [0.25, 0.3) is 0 Å². The maximum absolute atomic E-state index is 6.26. The van der Waals surface area contributed by atoms with Gasteiger partial charge in [0.15, 0.2) is 5.17 Å². The second-order valence-electron chi connectivity index (χ2n) is 5.41. The smallest absolute Gasteiger partial charge is 0.161 e. The van der Waals surface area contributed by atoms with E-state index < -0.39 is 0 Å². The first-order chi connectivity index (χ1) is 9.24. The maximum Gasteiger partial charge on any atom is 0.161 e. The minimum absolute atomic E-state index is 0.528. The molecule has 2 aliphatic rings. The number of thioether (sulfide) groups is 1. The lowest BCUT2D eigenvalue weighted by Gasteiger charge is -2.33. The predicted octanol–water partition coefficient (Wildman–Crippen LogP) is 4.72. The van der Waals surface area contributed by atoms with Crippen LogP contribution in [0.4, 0.5) is 5.69 Å². The van der Waals surface area contributed by atoms with Crippen molar-refractivity contribution in [2.45, 2.75) is 38.6 Å². The average Bonchev–Trinajstić information content (AvgIpc) is 2.43. The molecule has 1 fully saturated rings. The highest BCUT2D eigenvalue weighted by atomic mass is 35.5. The number of benzene rings is 1. The number of aryl methyl sites for hydroxylation is 1. The molecule has 3 rings (SSSR count). The van der Waals surface area contributed by atoms with Gasteiger partial charge in [0.05, 0.1) is 16.8 Å². The number of nitrogens with zero attached hydrogens (tertiary/aromatic N) is 1. The van der Waals surface area contributed by atoms with Crippen LogP contribution in [0.1, 0.15) is 31.2 Å². The summed E-state index contributed by atoms with van der Waals surface area (Å²) in [6, 6.07) is 6.51. The summed E-state index contributed by atoms with van der Waals surface area (Å²) in [7, 11) is 0. The fourth-order valence-corrected chi connectivity index (χ4v) is 4.31. The zero-order valence-electron chi connectivity index (χ0n) is 11.2. The first-order valence-electron chi connectivity index (χ1n) is 6.97. The SMILES string of the molecule is Cc1cccc(Cl)c1NC1=NC2CCCCC2CS1. The molecule has 2 unspecified atom stereocenters. The van der Waals surface area contributed by atoms with Gasteiger partial charge in [0.1, 0.15) is 0 Å². The van der Waals surface area contributed by atoms with Gasteiger partial charge < -0.3 is 5.32 Å². The van der Waals surface area contributed by atoms with Gasteiger partial charge in [0.2, 0.25) is 0 Å². The van der Waals surface area contributed by atoms with Crippen molar-refractivity contribution in [1.82, 2.24) is 0 Å². The molecular formula is C15H19ClN2S. The van der Waals surface area contributed by atoms with Crippen LogP contribution in [0.2, 0.25) is 5.02 Å². The zero-order valence-corrected chi connectivity index (χ0v) is 12.7. The van der Waals surface area contributed by atoms with Crippen LogP contribution in [0, 0.1) is 12.8 Å². The Balaban J connectivity index is 1.78. The number of amidine groups is 1. The predicted molar refractivity (Wildman–Crippen MR) is 85.5 cm³/mol. The molecule has 2 nitrogen and oxygen atoms in total. The molecule has 0 aromatic heterocycles. The Labute approximate surface area is 124 Å². The Hall–Kier alpha value is -0.670. The minimum Gasteiger partial charge on any atom is -0.334 e. The molecule has 1 heterocycles.